The number of carbonyl (C=O) groups is 1. The van der Waals surface area contributed by atoms with Gasteiger partial charge in [0.1, 0.15) is 5.78 Å². The Morgan fingerprint density at radius 3 is 2.76 bits per heavy atom. The molecule has 0 atom stereocenters. The van der Waals surface area contributed by atoms with Gasteiger partial charge in [-0.2, -0.15) is 0 Å². The molecule has 0 saturated carbocycles. The van der Waals surface area contributed by atoms with Crippen LogP contribution >= 0.6 is 11.6 Å². The number of Topliss-reactive ketones (excluding diaryl/α,β-unsaturated/α-hetero) is 1. The van der Waals surface area contributed by atoms with Gasteiger partial charge in [-0.3, -0.25) is 4.79 Å². The molecule has 0 spiro atoms. The lowest BCUT2D eigenvalue weighted by atomic mass is 10.1. The molecule has 0 N–H and O–H groups in total. The minimum absolute atomic E-state index is 0.0858. The third kappa shape index (κ3) is 3.53. The Morgan fingerprint density at radius 1 is 1.41 bits per heavy atom. The maximum Gasteiger partial charge on any atom is 0.164 e. The lowest BCUT2D eigenvalue weighted by Crippen LogP contribution is -2.16. The van der Waals surface area contributed by atoms with Crippen molar-refractivity contribution in [2.75, 3.05) is 13.2 Å². The van der Waals surface area contributed by atoms with E-state index in [0.717, 1.165) is 11.1 Å². The molecule has 1 fully saturated rings. The number of ether oxygens (including phenoxy) is 2. The van der Waals surface area contributed by atoms with E-state index in [2.05, 4.69) is 0 Å². The van der Waals surface area contributed by atoms with Crippen LogP contribution in [0.3, 0.4) is 0 Å². The monoisotopic (exact) mass is 254 g/mol. The first-order valence-electron chi connectivity index (χ1n) is 5.65. The summed E-state index contributed by atoms with van der Waals surface area (Å²) in [5, 5.41) is 0.645. The first kappa shape index (κ1) is 12.6. The molecule has 0 amide bonds. The first-order chi connectivity index (χ1) is 8.15. The van der Waals surface area contributed by atoms with Crippen molar-refractivity contribution in [3.8, 4) is 0 Å². The zero-order valence-corrected chi connectivity index (χ0v) is 10.5. The summed E-state index contributed by atoms with van der Waals surface area (Å²) in [6.07, 6.45) is 0.263. The highest BCUT2D eigenvalue weighted by atomic mass is 35.5. The second kappa shape index (κ2) is 5.63. The summed E-state index contributed by atoms with van der Waals surface area (Å²) in [6.45, 7) is 3.12. The molecule has 1 aliphatic heterocycles. The molecule has 1 heterocycles. The molecule has 1 saturated heterocycles. The molecule has 17 heavy (non-hydrogen) atoms. The third-order valence-electron chi connectivity index (χ3n) is 2.68. The quantitative estimate of drug-likeness (QED) is 0.828. The molecule has 0 radical (unpaired) electrons. The fourth-order valence-electron chi connectivity index (χ4n) is 1.79. The average Bonchev–Trinajstić information content (AvgIpc) is 2.75. The van der Waals surface area contributed by atoms with E-state index >= 15 is 0 Å². The van der Waals surface area contributed by atoms with Crippen molar-refractivity contribution < 1.29 is 14.3 Å². The van der Waals surface area contributed by atoms with E-state index < -0.39 is 0 Å². The Kier molecular flexibility index (Phi) is 4.15. The van der Waals surface area contributed by atoms with Gasteiger partial charge in [-0.1, -0.05) is 23.7 Å². The minimum atomic E-state index is -0.369. The Hall–Kier alpha value is -0.900. The van der Waals surface area contributed by atoms with Crippen molar-refractivity contribution in [3.63, 3.8) is 0 Å². The molecule has 92 valence electrons. The number of halogens is 1. The molecule has 4 heteroatoms. The van der Waals surface area contributed by atoms with Gasteiger partial charge in [0.05, 0.1) is 19.6 Å². The molecule has 1 aromatic carbocycles. The van der Waals surface area contributed by atoms with Crippen molar-refractivity contribution >= 4 is 17.4 Å². The van der Waals surface area contributed by atoms with E-state index in [1.807, 2.05) is 25.1 Å². The van der Waals surface area contributed by atoms with Gasteiger partial charge in [-0.15, -0.1) is 0 Å². The van der Waals surface area contributed by atoms with Crippen LogP contribution in [0.2, 0.25) is 5.02 Å². The van der Waals surface area contributed by atoms with E-state index in [1.54, 1.807) is 0 Å². The zero-order valence-electron chi connectivity index (χ0n) is 9.74. The van der Waals surface area contributed by atoms with E-state index in [-0.39, 0.29) is 12.1 Å². The van der Waals surface area contributed by atoms with Crippen LogP contribution in [0.4, 0.5) is 0 Å². The molecule has 1 aromatic rings. The maximum atomic E-state index is 11.8. The van der Waals surface area contributed by atoms with Gasteiger partial charge in [0.2, 0.25) is 0 Å². The van der Waals surface area contributed by atoms with Crippen LogP contribution in [0.25, 0.3) is 0 Å². The van der Waals surface area contributed by atoms with Gasteiger partial charge in [0, 0.05) is 11.4 Å². The first-order valence-corrected chi connectivity index (χ1v) is 6.03. The Bertz CT molecular complexity index is 411. The van der Waals surface area contributed by atoms with E-state index in [9.17, 15) is 4.79 Å². The molecular formula is C13H15ClO3. The maximum absolute atomic E-state index is 11.8. The summed E-state index contributed by atoms with van der Waals surface area (Å²) >= 11 is 6.08. The topological polar surface area (TPSA) is 35.5 Å². The summed E-state index contributed by atoms with van der Waals surface area (Å²) in [6, 6.07) is 5.72. The van der Waals surface area contributed by atoms with Gasteiger partial charge >= 0.3 is 0 Å². The highest BCUT2D eigenvalue weighted by Crippen LogP contribution is 2.19. The Labute approximate surface area is 106 Å². The largest absolute Gasteiger partial charge is 0.350 e. The number of ketones is 1. The zero-order chi connectivity index (χ0) is 12.3. The molecule has 1 aliphatic rings. The lowest BCUT2D eigenvalue weighted by molar-refractivity contribution is -0.126. The van der Waals surface area contributed by atoms with Crippen molar-refractivity contribution in [2.24, 2.45) is 0 Å². The Morgan fingerprint density at radius 2 is 2.12 bits per heavy atom. The fourth-order valence-corrected chi connectivity index (χ4v) is 2.09. The van der Waals surface area contributed by atoms with Crippen LogP contribution in [0.5, 0.6) is 0 Å². The number of hydrogen-bond donors (Lipinski definition) is 0. The van der Waals surface area contributed by atoms with Crippen LogP contribution in [-0.4, -0.2) is 25.3 Å². The summed E-state index contributed by atoms with van der Waals surface area (Å²) in [5.41, 5.74) is 1.95. The van der Waals surface area contributed by atoms with Crippen LogP contribution in [0.1, 0.15) is 17.5 Å². The van der Waals surface area contributed by atoms with Crippen LogP contribution in [0, 0.1) is 6.92 Å². The Balaban J connectivity index is 1.93. The molecule has 3 nitrogen and oxygen atoms in total. The number of aryl methyl sites for hydroxylation is 1. The smallest absolute Gasteiger partial charge is 0.164 e. The summed E-state index contributed by atoms with van der Waals surface area (Å²) in [4.78, 5) is 11.8. The fraction of sp³-hybridized carbons (Fsp3) is 0.462. The third-order valence-corrected chi connectivity index (χ3v) is 3.03. The van der Waals surface area contributed by atoms with Gasteiger partial charge in [0.25, 0.3) is 0 Å². The van der Waals surface area contributed by atoms with Crippen LogP contribution < -0.4 is 0 Å². The summed E-state index contributed by atoms with van der Waals surface area (Å²) in [7, 11) is 0. The van der Waals surface area contributed by atoms with E-state index in [0.29, 0.717) is 31.1 Å². The molecule has 0 unspecified atom stereocenters. The predicted molar refractivity (Wildman–Crippen MR) is 65.2 cm³/mol. The predicted octanol–water partition coefficient (Wildman–Crippen LogP) is 2.52. The van der Waals surface area contributed by atoms with Gasteiger partial charge in [-0.05, 0) is 24.1 Å². The highest BCUT2D eigenvalue weighted by molar-refractivity contribution is 6.31. The van der Waals surface area contributed by atoms with Crippen LogP contribution in [-0.2, 0) is 20.7 Å². The molecule has 0 aliphatic carbocycles. The van der Waals surface area contributed by atoms with Crippen LogP contribution in [0.15, 0.2) is 18.2 Å². The highest BCUT2D eigenvalue weighted by Gasteiger charge is 2.20. The van der Waals surface area contributed by atoms with Gasteiger partial charge in [-0.25, -0.2) is 0 Å². The normalized spacial score (nSPS) is 16.4. The summed E-state index contributed by atoms with van der Waals surface area (Å²) in [5.74, 6) is 0.0858. The number of benzene rings is 1. The molecule has 2 rings (SSSR count). The summed E-state index contributed by atoms with van der Waals surface area (Å²) < 4.78 is 10.5. The van der Waals surface area contributed by atoms with E-state index in [4.69, 9.17) is 21.1 Å². The number of carbonyl (C=O) groups excluding carboxylic acids is 1. The van der Waals surface area contributed by atoms with Crippen molar-refractivity contribution in [1.82, 2.24) is 0 Å². The average molecular weight is 255 g/mol. The van der Waals surface area contributed by atoms with Crippen molar-refractivity contribution in [1.29, 1.82) is 0 Å². The minimum Gasteiger partial charge on any atom is -0.350 e. The standard InChI is InChI=1S/C13H15ClO3/c1-9-2-3-10(12(14)6-9)7-11(15)8-13-16-4-5-17-13/h2-3,6,13H,4-5,7-8H2,1H3. The molecular weight excluding hydrogens is 240 g/mol. The van der Waals surface area contributed by atoms with Gasteiger partial charge < -0.3 is 9.47 Å². The SMILES string of the molecule is Cc1ccc(CC(=O)CC2OCCO2)c(Cl)c1. The second-order valence-electron chi connectivity index (χ2n) is 4.19. The van der Waals surface area contributed by atoms with Crippen molar-refractivity contribution in [3.05, 3.63) is 34.3 Å². The number of hydrogen-bond acceptors (Lipinski definition) is 3. The van der Waals surface area contributed by atoms with Crippen molar-refractivity contribution in [2.45, 2.75) is 26.1 Å². The molecule has 0 aromatic heterocycles. The molecule has 0 bridgehead atoms. The number of rotatable bonds is 4. The van der Waals surface area contributed by atoms with E-state index in [1.165, 1.54) is 0 Å². The lowest BCUT2D eigenvalue weighted by Gasteiger charge is -2.09. The second-order valence-corrected chi connectivity index (χ2v) is 4.59. The van der Waals surface area contributed by atoms with Gasteiger partial charge in [0.15, 0.2) is 6.29 Å².